The van der Waals surface area contributed by atoms with Crippen LogP contribution in [0.4, 0.5) is 0 Å². The predicted molar refractivity (Wildman–Crippen MR) is 67.0 cm³/mol. The Morgan fingerprint density at radius 2 is 2.18 bits per heavy atom. The number of furan rings is 1. The molecule has 0 amide bonds. The third kappa shape index (κ3) is 2.88. The molecule has 2 aromatic rings. The highest BCUT2D eigenvalue weighted by atomic mass is 16.5. The third-order valence-corrected chi connectivity index (χ3v) is 2.59. The van der Waals surface area contributed by atoms with E-state index in [1.54, 1.807) is 12.5 Å². The number of benzene rings is 1. The van der Waals surface area contributed by atoms with E-state index in [0.717, 1.165) is 29.9 Å². The van der Waals surface area contributed by atoms with Gasteiger partial charge in [-0.15, -0.1) is 0 Å². The van der Waals surface area contributed by atoms with Crippen molar-refractivity contribution in [1.29, 1.82) is 0 Å². The summed E-state index contributed by atoms with van der Waals surface area (Å²) in [6, 6.07) is 9.59. The van der Waals surface area contributed by atoms with Gasteiger partial charge in [-0.1, -0.05) is 19.1 Å². The Bertz CT molecular complexity index is 451. The Labute approximate surface area is 101 Å². The van der Waals surface area contributed by atoms with Gasteiger partial charge in [0.25, 0.3) is 0 Å². The molecule has 0 aliphatic carbocycles. The van der Waals surface area contributed by atoms with Crippen molar-refractivity contribution in [3.8, 4) is 5.75 Å². The maximum Gasteiger partial charge on any atom is 0.119 e. The van der Waals surface area contributed by atoms with Gasteiger partial charge in [0.15, 0.2) is 0 Å². The molecule has 0 aliphatic rings. The lowest BCUT2D eigenvalue weighted by Gasteiger charge is -2.12. The van der Waals surface area contributed by atoms with E-state index in [9.17, 15) is 0 Å². The second-order valence-corrected chi connectivity index (χ2v) is 3.96. The molecule has 0 saturated carbocycles. The summed E-state index contributed by atoms with van der Waals surface area (Å²) in [5.41, 5.74) is 8.14. The van der Waals surface area contributed by atoms with Crippen molar-refractivity contribution in [2.45, 2.75) is 19.4 Å². The van der Waals surface area contributed by atoms with E-state index in [1.165, 1.54) is 0 Å². The van der Waals surface area contributed by atoms with Crippen molar-refractivity contribution >= 4 is 0 Å². The summed E-state index contributed by atoms with van der Waals surface area (Å²) in [5, 5.41) is 0. The Morgan fingerprint density at radius 3 is 2.88 bits per heavy atom. The second kappa shape index (κ2) is 5.55. The van der Waals surface area contributed by atoms with E-state index in [4.69, 9.17) is 14.9 Å². The lowest BCUT2D eigenvalue weighted by molar-refractivity contribution is 0.317. The number of ether oxygens (including phenoxy) is 1. The summed E-state index contributed by atoms with van der Waals surface area (Å²) < 4.78 is 10.6. The summed E-state index contributed by atoms with van der Waals surface area (Å²) in [5.74, 6) is 0.864. The summed E-state index contributed by atoms with van der Waals surface area (Å²) in [6.45, 7) is 2.81. The molecule has 1 atom stereocenters. The Kier molecular flexibility index (Phi) is 3.83. The number of rotatable bonds is 5. The monoisotopic (exact) mass is 231 g/mol. The van der Waals surface area contributed by atoms with Crippen LogP contribution in [0.25, 0.3) is 0 Å². The topological polar surface area (TPSA) is 48.4 Å². The van der Waals surface area contributed by atoms with Gasteiger partial charge in [-0.05, 0) is 30.2 Å². The number of hydrogen-bond donors (Lipinski definition) is 1. The zero-order valence-electron chi connectivity index (χ0n) is 9.93. The summed E-state index contributed by atoms with van der Waals surface area (Å²) in [6.07, 6.45) is 4.30. The van der Waals surface area contributed by atoms with Crippen LogP contribution >= 0.6 is 0 Å². The SMILES string of the molecule is CCCOc1cccc(C(N)c2ccoc2)c1. The fourth-order valence-electron chi connectivity index (χ4n) is 1.66. The highest BCUT2D eigenvalue weighted by molar-refractivity contribution is 5.35. The van der Waals surface area contributed by atoms with Gasteiger partial charge in [0, 0.05) is 5.56 Å². The Morgan fingerprint density at radius 1 is 1.29 bits per heavy atom. The van der Waals surface area contributed by atoms with E-state index in [-0.39, 0.29) is 6.04 Å². The van der Waals surface area contributed by atoms with Gasteiger partial charge in [-0.3, -0.25) is 0 Å². The minimum absolute atomic E-state index is 0.168. The molecule has 17 heavy (non-hydrogen) atoms. The molecule has 1 aromatic heterocycles. The lowest BCUT2D eigenvalue weighted by Crippen LogP contribution is -2.11. The fraction of sp³-hybridized carbons (Fsp3) is 0.286. The smallest absolute Gasteiger partial charge is 0.119 e. The van der Waals surface area contributed by atoms with Crippen molar-refractivity contribution in [2.24, 2.45) is 5.73 Å². The molecule has 0 spiro atoms. The Balaban J connectivity index is 2.15. The van der Waals surface area contributed by atoms with Crippen LogP contribution in [0.2, 0.25) is 0 Å². The van der Waals surface area contributed by atoms with Crippen LogP contribution in [-0.4, -0.2) is 6.61 Å². The maximum atomic E-state index is 6.14. The number of hydrogen-bond acceptors (Lipinski definition) is 3. The average molecular weight is 231 g/mol. The molecule has 3 nitrogen and oxygen atoms in total. The lowest BCUT2D eigenvalue weighted by atomic mass is 10.0. The molecule has 1 unspecified atom stereocenters. The summed E-state index contributed by atoms with van der Waals surface area (Å²) in [7, 11) is 0. The van der Waals surface area contributed by atoms with Gasteiger partial charge >= 0.3 is 0 Å². The quantitative estimate of drug-likeness (QED) is 0.860. The molecule has 90 valence electrons. The maximum absolute atomic E-state index is 6.14. The van der Waals surface area contributed by atoms with Crippen LogP contribution in [0.5, 0.6) is 5.75 Å². The molecule has 2 N–H and O–H groups in total. The van der Waals surface area contributed by atoms with E-state index in [0.29, 0.717) is 0 Å². The zero-order chi connectivity index (χ0) is 12.1. The Hall–Kier alpha value is -1.74. The van der Waals surface area contributed by atoms with Crippen LogP contribution < -0.4 is 10.5 Å². The molecule has 0 bridgehead atoms. The van der Waals surface area contributed by atoms with Crippen LogP contribution in [0.3, 0.4) is 0 Å². The number of nitrogens with two attached hydrogens (primary N) is 1. The molecule has 3 heteroatoms. The fourth-order valence-corrected chi connectivity index (χ4v) is 1.66. The molecule has 1 heterocycles. The average Bonchev–Trinajstić information content (AvgIpc) is 2.89. The van der Waals surface area contributed by atoms with Crippen molar-refractivity contribution in [1.82, 2.24) is 0 Å². The molecular formula is C14H17NO2. The van der Waals surface area contributed by atoms with Crippen molar-refractivity contribution in [3.05, 3.63) is 54.0 Å². The summed E-state index contributed by atoms with van der Waals surface area (Å²) in [4.78, 5) is 0. The third-order valence-electron chi connectivity index (χ3n) is 2.59. The zero-order valence-corrected chi connectivity index (χ0v) is 9.93. The molecule has 0 fully saturated rings. The first-order chi connectivity index (χ1) is 8.31. The van der Waals surface area contributed by atoms with Gasteiger partial charge in [-0.25, -0.2) is 0 Å². The van der Waals surface area contributed by atoms with Gasteiger partial charge in [0.2, 0.25) is 0 Å². The van der Waals surface area contributed by atoms with Crippen LogP contribution in [0.1, 0.15) is 30.5 Å². The standard InChI is InChI=1S/C14H17NO2/c1-2-7-17-13-5-3-4-11(9-13)14(15)12-6-8-16-10-12/h3-6,8-10,14H,2,7,15H2,1H3. The van der Waals surface area contributed by atoms with Crippen molar-refractivity contribution in [3.63, 3.8) is 0 Å². The first-order valence-electron chi connectivity index (χ1n) is 5.81. The first-order valence-corrected chi connectivity index (χ1v) is 5.81. The van der Waals surface area contributed by atoms with Gasteiger partial charge in [-0.2, -0.15) is 0 Å². The van der Waals surface area contributed by atoms with Gasteiger partial charge in [0.1, 0.15) is 5.75 Å². The summed E-state index contributed by atoms with van der Waals surface area (Å²) >= 11 is 0. The first kappa shape index (κ1) is 11.7. The van der Waals surface area contributed by atoms with E-state index < -0.39 is 0 Å². The highest BCUT2D eigenvalue weighted by Crippen LogP contribution is 2.23. The van der Waals surface area contributed by atoms with Crippen molar-refractivity contribution < 1.29 is 9.15 Å². The van der Waals surface area contributed by atoms with Crippen molar-refractivity contribution in [2.75, 3.05) is 6.61 Å². The largest absolute Gasteiger partial charge is 0.494 e. The molecule has 0 radical (unpaired) electrons. The van der Waals surface area contributed by atoms with Gasteiger partial charge in [0.05, 0.1) is 25.2 Å². The second-order valence-electron chi connectivity index (χ2n) is 3.96. The minimum atomic E-state index is -0.168. The molecular weight excluding hydrogens is 214 g/mol. The van der Waals surface area contributed by atoms with Crippen LogP contribution in [0, 0.1) is 0 Å². The molecule has 1 aromatic carbocycles. The van der Waals surface area contributed by atoms with E-state index in [2.05, 4.69) is 6.92 Å². The van der Waals surface area contributed by atoms with Crippen LogP contribution in [0.15, 0.2) is 47.3 Å². The molecule has 2 rings (SSSR count). The van der Waals surface area contributed by atoms with Gasteiger partial charge < -0.3 is 14.9 Å². The normalized spacial score (nSPS) is 12.4. The minimum Gasteiger partial charge on any atom is -0.494 e. The molecule has 0 saturated heterocycles. The highest BCUT2D eigenvalue weighted by Gasteiger charge is 2.10. The predicted octanol–water partition coefficient (Wildman–Crippen LogP) is 3.12. The van der Waals surface area contributed by atoms with E-state index >= 15 is 0 Å². The van der Waals surface area contributed by atoms with E-state index in [1.807, 2.05) is 30.3 Å². The molecule has 0 aliphatic heterocycles. The van der Waals surface area contributed by atoms with Crippen LogP contribution in [-0.2, 0) is 0 Å².